The summed E-state index contributed by atoms with van der Waals surface area (Å²) in [5, 5.41) is 9.79. The van der Waals surface area contributed by atoms with Gasteiger partial charge in [-0.15, -0.1) is 0 Å². The van der Waals surface area contributed by atoms with E-state index in [1.165, 1.54) is 4.90 Å². The maximum absolute atomic E-state index is 13.5. The average Bonchev–Trinajstić information content (AvgIpc) is 2.80. The average molecular weight is 299 g/mol. The van der Waals surface area contributed by atoms with E-state index in [9.17, 15) is 18.7 Å². The highest BCUT2D eigenvalue weighted by Crippen LogP contribution is 2.38. The predicted octanol–water partition coefficient (Wildman–Crippen LogP) is 3.74. The van der Waals surface area contributed by atoms with Crippen molar-refractivity contribution in [2.24, 2.45) is 0 Å². The Morgan fingerprint density at radius 1 is 1.38 bits per heavy atom. The third-order valence-electron chi connectivity index (χ3n) is 3.30. The quantitative estimate of drug-likeness (QED) is 0.859. The van der Waals surface area contributed by atoms with Gasteiger partial charge < -0.3 is 14.7 Å². The molecule has 0 aliphatic carbocycles. The Balaban J connectivity index is 2.29. The molecule has 1 amide bonds. The van der Waals surface area contributed by atoms with Gasteiger partial charge in [0.05, 0.1) is 6.04 Å². The lowest BCUT2D eigenvalue weighted by molar-refractivity contribution is 0.0222. The van der Waals surface area contributed by atoms with Crippen LogP contribution in [0.2, 0.25) is 0 Å². The van der Waals surface area contributed by atoms with Gasteiger partial charge in [0.25, 0.3) is 0 Å². The van der Waals surface area contributed by atoms with Crippen LogP contribution in [0.4, 0.5) is 13.6 Å². The normalized spacial score (nSPS) is 18.9. The van der Waals surface area contributed by atoms with Gasteiger partial charge in [0.2, 0.25) is 0 Å². The van der Waals surface area contributed by atoms with E-state index in [2.05, 4.69) is 0 Å². The van der Waals surface area contributed by atoms with Gasteiger partial charge in [0.1, 0.15) is 11.4 Å². The molecule has 1 aliphatic rings. The lowest BCUT2D eigenvalue weighted by Crippen LogP contribution is -2.36. The number of hydrogen-bond acceptors (Lipinski definition) is 3. The minimum absolute atomic E-state index is 0.0795. The van der Waals surface area contributed by atoms with Crippen LogP contribution in [0.25, 0.3) is 0 Å². The number of rotatable bonds is 1. The summed E-state index contributed by atoms with van der Waals surface area (Å²) in [4.78, 5) is 13.6. The van der Waals surface area contributed by atoms with Crippen LogP contribution in [-0.4, -0.2) is 28.2 Å². The molecule has 0 radical (unpaired) electrons. The highest BCUT2D eigenvalue weighted by molar-refractivity contribution is 5.69. The first-order valence-electron chi connectivity index (χ1n) is 6.86. The molecule has 21 heavy (non-hydrogen) atoms. The molecule has 4 nitrogen and oxygen atoms in total. The Bertz CT molecular complexity index is 555. The first kappa shape index (κ1) is 15.5. The number of carbonyl (C=O) groups excluding carboxylic acids is 1. The van der Waals surface area contributed by atoms with E-state index in [4.69, 9.17) is 4.74 Å². The van der Waals surface area contributed by atoms with Gasteiger partial charge in [-0.25, -0.2) is 13.6 Å². The minimum atomic E-state index is -1.03. The van der Waals surface area contributed by atoms with E-state index in [-0.39, 0.29) is 5.56 Å². The van der Waals surface area contributed by atoms with Crippen molar-refractivity contribution in [1.29, 1.82) is 0 Å². The fraction of sp³-hybridized carbons (Fsp3) is 0.533. The number of aromatic hydroxyl groups is 1. The number of amides is 1. The van der Waals surface area contributed by atoms with Gasteiger partial charge in [0.15, 0.2) is 11.6 Å². The number of ether oxygens (including phenoxy) is 1. The largest absolute Gasteiger partial charge is 0.505 e. The van der Waals surface area contributed by atoms with Crippen LogP contribution < -0.4 is 0 Å². The molecule has 0 spiro atoms. The van der Waals surface area contributed by atoms with Crippen molar-refractivity contribution in [2.45, 2.75) is 45.3 Å². The number of likely N-dealkylation sites (tertiary alicyclic amines) is 1. The second-order valence-electron chi connectivity index (χ2n) is 6.16. The third-order valence-corrected chi connectivity index (χ3v) is 3.30. The van der Waals surface area contributed by atoms with Crippen LogP contribution in [0.5, 0.6) is 5.75 Å². The zero-order valence-corrected chi connectivity index (χ0v) is 12.3. The second kappa shape index (κ2) is 5.50. The van der Waals surface area contributed by atoms with Crippen molar-refractivity contribution in [3.63, 3.8) is 0 Å². The highest BCUT2D eigenvalue weighted by Gasteiger charge is 2.35. The van der Waals surface area contributed by atoms with Crippen LogP contribution >= 0.6 is 0 Å². The van der Waals surface area contributed by atoms with Crippen molar-refractivity contribution >= 4 is 6.09 Å². The first-order chi connectivity index (χ1) is 9.69. The van der Waals surface area contributed by atoms with Crippen LogP contribution in [0.15, 0.2) is 12.1 Å². The first-order valence-corrected chi connectivity index (χ1v) is 6.86. The molecule has 1 aliphatic heterocycles. The molecule has 0 bridgehead atoms. The van der Waals surface area contributed by atoms with E-state index in [1.54, 1.807) is 20.8 Å². The van der Waals surface area contributed by atoms with Crippen LogP contribution in [0.1, 0.15) is 45.2 Å². The summed E-state index contributed by atoms with van der Waals surface area (Å²) in [6, 6.07) is 1.10. The number of phenols is 1. The number of hydrogen-bond donors (Lipinski definition) is 1. The van der Waals surface area contributed by atoms with Crippen molar-refractivity contribution in [3.8, 4) is 5.75 Å². The summed E-state index contributed by atoms with van der Waals surface area (Å²) < 4.78 is 32.1. The zero-order valence-electron chi connectivity index (χ0n) is 12.3. The molecule has 1 N–H and O–H groups in total. The summed E-state index contributed by atoms with van der Waals surface area (Å²) in [6.07, 6.45) is 0.658. The molecule has 0 saturated carbocycles. The molecule has 1 fully saturated rings. The van der Waals surface area contributed by atoms with Gasteiger partial charge >= 0.3 is 6.09 Å². The third kappa shape index (κ3) is 3.43. The standard InChI is InChI=1S/C15H19F2NO3/c1-15(2,3)21-14(20)18-6-4-5-12(18)10-7-9(16)8-11(17)13(10)19/h7-8,12,19H,4-6H2,1-3H3. The summed E-state index contributed by atoms with van der Waals surface area (Å²) in [5.41, 5.74) is -0.574. The van der Waals surface area contributed by atoms with Crippen LogP contribution in [-0.2, 0) is 4.74 Å². The van der Waals surface area contributed by atoms with Crippen molar-refractivity contribution < 1.29 is 23.4 Å². The van der Waals surface area contributed by atoms with Crippen LogP contribution in [0, 0.1) is 11.6 Å². The SMILES string of the molecule is CC(C)(C)OC(=O)N1CCCC1c1cc(F)cc(F)c1O. The molecule has 1 saturated heterocycles. The molecular weight excluding hydrogens is 280 g/mol. The van der Waals surface area contributed by atoms with Gasteiger partial charge in [-0.2, -0.15) is 0 Å². The molecular formula is C15H19F2NO3. The Hall–Kier alpha value is -1.85. The van der Waals surface area contributed by atoms with Crippen molar-refractivity contribution in [1.82, 2.24) is 4.90 Å². The Labute approximate surface area is 122 Å². The molecule has 1 atom stereocenters. The molecule has 2 rings (SSSR count). The van der Waals surface area contributed by atoms with Crippen LogP contribution in [0.3, 0.4) is 0 Å². The fourth-order valence-corrected chi connectivity index (χ4v) is 2.47. The summed E-state index contributed by atoms with van der Waals surface area (Å²) in [5.74, 6) is -2.42. The smallest absolute Gasteiger partial charge is 0.410 e. The fourth-order valence-electron chi connectivity index (χ4n) is 2.47. The van der Waals surface area contributed by atoms with Gasteiger partial charge in [-0.05, 0) is 39.7 Å². The number of nitrogens with zero attached hydrogens (tertiary/aromatic N) is 1. The lowest BCUT2D eigenvalue weighted by Gasteiger charge is -2.29. The summed E-state index contributed by atoms with van der Waals surface area (Å²) >= 11 is 0. The van der Waals surface area contributed by atoms with E-state index < -0.39 is 35.1 Å². The summed E-state index contributed by atoms with van der Waals surface area (Å²) in [7, 11) is 0. The molecule has 116 valence electrons. The number of carbonyl (C=O) groups is 1. The maximum Gasteiger partial charge on any atom is 0.410 e. The second-order valence-corrected chi connectivity index (χ2v) is 6.16. The van der Waals surface area contributed by atoms with E-state index in [0.29, 0.717) is 25.5 Å². The molecule has 0 aromatic heterocycles. The molecule has 6 heteroatoms. The summed E-state index contributed by atoms with van der Waals surface area (Å²) in [6.45, 7) is 5.66. The molecule has 1 unspecified atom stereocenters. The Morgan fingerprint density at radius 3 is 2.67 bits per heavy atom. The topological polar surface area (TPSA) is 49.8 Å². The Kier molecular flexibility index (Phi) is 4.07. The molecule has 1 aromatic rings. The number of phenolic OH excluding ortho intramolecular Hbond substituents is 1. The van der Waals surface area contributed by atoms with Crippen molar-refractivity contribution in [2.75, 3.05) is 6.54 Å². The van der Waals surface area contributed by atoms with Crippen molar-refractivity contribution in [3.05, 3.63) is 29.3 Å². The Morgan fingerprint density at radius 2 is 2.05 bits per heavy atom. The zero-order chi connectivity index (χ0) is 15.8. The van der Waals surface area contributed by atoms with E-state index >= 15 is 0 Å². The number of halogens is 2. The van der Waals surface area contributed by atoms with E-state index in [1.807, 2.05) is 0 Å². The maximum atomic E-state index is 13.5. The lowest BCUT2D eigenvalue weighted by atomic mass is 10.0. The monoisotopic (exact) mass is 299 g/mol. The molecule has 1 aromatic carbocycles. The molecule has 1 heterocycles. The van der Waals surface area contributed by atoms with Gasteiger partial charge in [-0.1, -0.05) is 0 Å². The predicted molar refractivity (Wildman–Crippen MR) is 72.9 cm³/mol. The minimum Gasteiger partial charge on any atom is -0.505 e. The van der Waals surface area contributed by atoms with Gasteiger partial charge in [-0.3, -0.25) is 0 Å². The van der Waals surface area contributed by atoms with Gasteiger partial charge in [0, 0.05) is 18.2 Å². The highest BCUT2D eigenvalue weighted by atomic mass is 19.1. The number of benzene rings is 1. The van der Waals surface area contributed by atoms with E-state index in [0.717, 1.165) is 6.07 Å².